The van der Waals surface area contributed by atoms with E-state index in [0.717, 1.165) is 29.4 Å². The third-order valence-corrected chi connectivity index (χ3v) is 7.66. The Kier molecular flexibility index (Phi) is 6.06. The first kappa shape index (κ1) is 20.8. The molecule has 4 rings (SSSR count). The third-order valence-electron chi connectivity index (χ3n) is 5.43. The third kappa shape index (κ3) is 4.50. The topological polar surface area (TPSA) is 54.5 Å². The van der Waals surface area contributed by atoms with E-state index < -0.39 is 9.84 Å². The van der Waals surface area contributed by atoms with Gasteiger partial charge in [-0.1, -0.05) is 58.4 Å². The van der Waals surface area contributed by atoms with Crippen LogP contribution in [0, 0.1) is 0 Å². The molecule has 1 unspecified atom stereocenters. The highest BCUT2D eigenvalue weighted by Gasteiger charge is 2.30. The Morgan fingerprint density at radius 2 is 1.60 bits per heavy atom. The molecule has 1 aliphatic rings. The minimum Gasteiger partial charge on any atom is -0.332 e. The predicted octanol–water partition coefficient (Wildman–Crippen LogP) is 5.40. The molecule has 0 bridgehead atoms. The van der Waals surface area contributed by atoms with E-state index in [0.29, 0.717) is 16.0 Å². The van der Waals surface area contributed by atoms with Crippen LogP contribution in [0.5, 0.6) is 0 Å². The van der Waals surface area contributed by atoms with Gasteiger partial charge in [0.25, 0.3) is 5.91 Å². The van der Waals surface area contributed by atoms with E-state index in [1.165, 1.54) is 0 Å². The lowest BCUT2D eigenvalue weighted by Gasteiger charge is -2.25. The molecule has 0 N–H and O–H groups in total. The molecule has 0 spiro atoms. The van der Waals surface area contributed by atoms with Crippen LogP contribution in [0.25, 0.3) is 0 Å². The van der Waals surface area contributed by atoms with E-state index in [-0.39, 0.29) is 17.7 Å². The van der Waals surface area contributed by atoms with Crippen LogP contribution in [0.4, 0.5) is 0 Å². The van der Waals surface area contributed by atoms with Crippen molar-refractivity contribution < 1.29 is 13.2 Å². The molecule has 0 radical (unpaired) electrons. The molecule has 1 fully saturated rings. The van der Waals surface area contributed by atoms with Gasteiger partial charge in [-0.3, -0.25) is 4.79 Å². The number of halogens is 1. The lowest BCUT2D eigenvalue weighted by molar-refractivity contribution is 0.0735. The van der Waals surface area contributed by atoms with Crippen LogP contribution < -0.4 is 0 Å². The van der Waals surface area contributed by atoms with E-state index in [1.807, 2.05) is 17.0 Å². The maximum Gasteiger partial charge on any atom is 0.254 e. The van der Waals surface area contributed by atoms with Crippen LogP contribution in [0.15, 0.2) is 88.2 Å². The molecule has 30 heavy (non-hydrogen) atoms. The minimum absolute atomic E-state index is 0.0158. The SMILES string of the molecule is O=C(c1ccc(CS(=O)(=O)c2ccccc2)cc1)N1CCCC1c1ccc(Br)cc1. The number of benzene rings is 3. The Balaban J connectivity index is 1.49. The normalized spacial score (nSPS) is 16.6. The molecular formula is C24H22BrNO3S. The Morgan fingerprint density at radius 1 is 0.933 bits per heavy atom. The average Bonchev–Trinajstić information content (AvgIpc) is 3.24. The van der Waals surface area contributed by atoms with Gasteiger partial charge in [-0.15, -0.1) is 0 Å². The van der Waals surface area contributed by atoms with Crippen molar-refractivity contribution in [1.82, 2.24) is 4.90 Å². The lowest BCUT2D eigenvalue weighted by atomic mass is 10.0. The Bertz CT molecular complexity index is 1130. The highest BCUT2D eigenvalue weighted by Crippen LogP contribution is 2.33. The van der Waals surface area contributed by atoms with Crippen molar-refractivity contribution in [1.29, 1.82) is 0 Å². The van der Waals surface area contributed by atoms with E-state index in [9.17, 15) is 13.2 Å². The smallest absolute Gasteiger partial charge is 0.254 e. The number of rotatable bonds is 5. The van der Waals surface area contributed by atoms with Crippen LogP contribution in [-0.4, -0.2) is 25.8 Å². The molecule has 1 amide bonds. The first-order valence-electron chi connectivity index (χ1n) is 9.87. The highest BCUT2D eigenvalue weighted by molar-refractivity contribution is 9.10. The number of likely N-dealkylation sites (tertiary alicyclic amines) is 1. The van der Waals surface area contributed by atoms with E-state index in [4.69, 9.17) is 0 Å². The number of hydrogen-bond acceptors (Lipinski definition) is 3. The number of sulfone groups is 1. The summed E-state index contributed by atoms with van der Waals surface area (Å²) in [6.45, 7) is 0.726. The summed E-state index contributed by atoms with van der Waals surface area (Å²) in [6.07, 6.45) is 1.92. The van der Waals surface area contributed by atoms with Crippen molar-refractivity contribution in [3.63, 3.8) is 0 Å². The maximum atomic E-state index is 13.1. The summed E-state index contributed by atoms with van der Waals surface area (Å²) in [4.78, 5) is 15.3. The summed E-state index contributed by atoms with van der Waals surface area (Å²) in [5.41, 5.74) is 2.38. The molecule has 6 heteroatoms. The minimum atomic E-state index is -3.41. The summed E-state index contributed by atoms with van der Waals surface area (Å²) in [5.74, 6) is -0.102. The fraction of sp³-hybridized carbons (Fsp3) is 0.208. The van der Waals surface area contributed by atoms with Gasteiger partial charge < -0.3 is 4.90 Å². The van der Waals surface area contributed by atoms with E-state index in [1.54, 1.807) is 54.6 Å². The second-order valence-electron chi connectivity index (χ2n) is 7.48. The zero-order valence-corrected chi connectivity index (χ0v) is 18.8. The summed E-state index contributed by atoms with van der Waals surface area (Å²) in [5, 5.41) is 0. The number of carbonyl (C=O) groups excluding carboxylic acids is 1. The van der Waals surface area contributed by atoms with Gasteiger partial charge in [0, 0.05) is 16.6 Å². The van der Waals surface area contributed by atoms with E-state index in [2.05, 4.69) is 28.1 Å². The van der Waals surface area contributed by atoms with Crippen molar-refractivity contribution in [2.75, 3.05) is 6.54 Å². The van der Waals surface area contributed by atoms with Crippen LogP contribution >= 0.6 is 15.9 Å². The Hall–Kier alpha value is -2.44. The zero-order chi connectivity index (χ0) is 21.1. The monoisotopic (exact) mass is 483 g/mol. The fourth-order valence-electron chi connectivity index (χ4n) is 3.88. The molecule has 1 heterocycles. The fourth-order valence-corrected chi connectivity index (χ4v) is 5.52. The van der Waals surface area contributed by atoms with Crippen molar-refractivity contribution >= 4 is 31.7 Å². The first-order valence-corrected chi connectivity index (χ1v) is 12.3. The van der Waals surface area contributed by atoms with Crippen LogP contribution in [0.1, 0.15) is 40.4 Å². The molecule has 0 aromatic heterocycles. The van der Waals surface area contributed by atoms with Gasteiger partial charge in [-0.2, -0.15) is 0 Å². The van der Waals surface area contributed by atoms with Crippen LogP contribution in [0.3, 0.4) is 0 Å². The molecule has 3 aromatic rings. The van der Waals surface area contributed by atoms with Crippen molar-refractivity contribution in [2.45, 2.75) is 29.5 Å². The number of nitrogens with zero attached hydrogens (tertiary/aromatic N) is 1. The predicted molar refractivity (Wildman–Crippen MR) is 121 cm³/mol. The van der Waals surface area contributed by atoms with Crippen molar-refractivity contribution in [2.24, 2.45) is 0 Å². The second-order valence-corrected chi connectivity index (χ2v) is 10.4. The van der Waals surface area contributed by atoms with Crippen molar-refractivity contribution in [3.05, 3.63) is 100 Å². The quantitative estimate of drug-likeness (QED) is 0.487. The average molecular weight is 484 g/mol. The van der Waals surface area contributed by atoms with Gasteiger partial charge in [-0.05, 0) is 60.4 Å². The number of amides is 1. The summed E-state index contributed by atoms with van der Waals surface area (Å²) >= 11 is 3.45. The van der Waals surface area contributed by atoms with Gasteiger partial charge in [-0.25, -0.2) is 8.42 Å². The molecule has 0 aliphatic carbocycles. The largest absolute Gasteiger partial charge is 0.332 e. The van der Waals surface area contributed by atoms with Gasteiger partial charge in [0.1, 0.15) is 0 Å². The summed E-state index contributed by atoms with van der Waals surface area (Å²) in [6, 6.07) is 23.5. The second kappa shape index (κ2) is 8.74. The molecule has 1 atom stereocenters. The lowest BCUT2D eigenvalue weighted by Crippen LogP contribution is -2.30. The summed E-state index contributed by atoms with van der Waals surface area (Å²) in [7, 11) is -3.41. The van der Waals surface area contributed by atoms with Gasteiger partial charge in [0.2, 0.25) is 0 Å². The standard InChI is InChI=1S/C24H22BrNO3S/c25-21-14-12-19(13-15-21)23-7-4-16-26(23)24(27)20-10-8-18(9-11-20)17-30(28,29)22-5-2-1-3-6-22/h1-3,5-6,8-15,23H,4,7,16-17H2. The zero-order valence-electron chi connectivity index (χ0n) is 16.4. The first-order chi connectivity index (χ1) is 14.4. The molecule has 4 nitrogen and oxygen atoms in total. The molecular weight excluding hydrogens is 462 g/mol. The van der Waals surface area contributed by atoms with E-state index >= 15 is 0 Å². The molecule has 0 saturated carbocycles. The molecule has 154 valence electrons. The van der Waals surface area contributed by atoms with Crippen molar-refractivity contribution in [3.8, 4) is 0 Å². The molecule has 1 aliphatic heterocycles. The molecule has 1 saturated heterocycles. The van der Waals surface area contributed by atoms with Gasteiger partial charge in [0.05, 0.1) is 16.7 Å². The highest BCUT2D eigenvalue weighted by atomic mass is 79.9. The Morgan fingerprint density at radius 3 is 2.27 bits per heavy atom. The maximum absolute atomic E-state index is 13.1. The van der Waals surface area contributed by atoms with Gasteiger partial charge >= 0.3 is 0 Å². The Labute approximate surface area is 185 Å². The number of hydrogen-bond donors (Lipinski definition) is 0. The van der Waals surface area contributed by atoms with Crippen LogP contribution in [0.2, 0.25) is 0 Å². The molecule has 3 aromatic carbocycles. The number of carbonyl (C=O) groups is 1. The van der Waals surface area contributed by atoms with Crippen LogP contribution in [-0.2, 0) is 15.6 Å². The van der Waals surface area contributed by atoms with Gasteiger partial charge in [0.15, 0.2) is 9.84 Å². The summed E-state index contributed by atoms with van der Waals surface area (Å²) < 4.78 is 26.2.